The first kappa shape index (κ1) is 13.1. The molecule has 92 valence electrons. The van der Waals surface area contributed by atoms with Gasteiger partial charge in [0.2, 0.25) is 5.91 Å². The van der Waals surface area contributed by atoms with Crippen LogP contribution in [0.25, 0.3) is 0 Å². The number of nitro benzene ring substituents is 1. The fourth-order valence-corrected chi connectivity index (χ4v) is 1.24. The van der Waals surface area contributed by atoms with Crippen LogP contribution in [0, 0.1) is 10.1 Å². The minimum Gasteiger partial charge on any atom is -0.350 e. The molecular formula is C11H15N3O3. The molecule has 0 fully saturated rings. The van der Waals surface area contributed by atoms with Crippen molar-refractivity contribution in [3.8, 4) is 0 Å². The summed E-state index contributed by atoms with van der Waals surface area (Å²) in [6, 6.07) is 6.26. The molecule has 3 N–H and O–H groups in total. The Balaban J connectivity index is 2.77. The van der Waals surface area contributed by atoms with E-state index in [1.54, 1.807) is 32.0 Å². The van der Waals surface area contributed by atoms with Crippen LogP contribution >= 0.6 is 0 Å². The summed E-state index contributed by atoms with van der Waals surface area (Å²) in [5.74, 6) is -0.351. The van der Waals surface area contributed by atoms with Gasteiger partial charge in [-0.3, -0.25) is 14.9 Å². The summed E-state index contributed by atoms with van der Waals surface area (Å²) in [5, 5.41) is 13.3. The van der Waals surface area contributed by atoms with Gasteiger partial charge in [0.15, 0.2) is 0 Å². The Labute approximate surface area is 99.0 Å². The molecule has 1 aromatic carbocycles. The maximum Gasteiger partial charge on any atom is 0.274 e. The Morgan fingerprint density at radius 1 is 1.47 bits per heavy atom. The van der Waals surface area contributed by atoms with Gasteiger partial charge >= 0.3 is 0 Å². The van der Waals surface area contributed by atoms with Gasteiger partial charge < -0.3 is 11.1 Å². The second kappa shape index (κ2) is 4.92. The van der Waals surface area contributed by atoms with Crippen molar-refractivity contribution in [2.75, 3.05) is 0 Å². The third-order valence-corrected chi connectivity index (χ3v) is 2.21. The molecule has 0 saturated carbocycles. The zero-order valence-electron chi connectivity index (χ0n) is 9.77. The molecule has 0 saturated heterocycles. The third-order valence-electron chi connectivity index (χ3n) is 2.21. The molecule has 6 nitrogen and oxygen atoms in total. The summed E-state index contributed by atoms with van der Waals surface area (Å²) in [4.78, 5) is 21.8. The molecule has 1 aromatic rings. The lowest BCUT2D eigenvalue weighted by molar-refractivity contribution is -0.385. The number of carbonyl (C=O) groups is 1. The lowest BCUT2D eigenvalue weighted by Crippen LogP contribution is -2.48. The minimum absolute atomic E-state index is 0.0115. The molecule has 0 aliphatic carbocycles. The van der Waals surface area contributed by atoms with E-state index in [1.807, 2.05) is 0 Å². The predicted molar refractivity (Wildman–Crippen MR) is 63.2 cm³/mol. The number of nitrogens with one attached hydrogen (secondary N) is 1. The summed E-state index contributed by atoms with van der Waals surface area (Å²) in [7, 11) is 0. The second-order valence-corrected chi connectivity index (χ2v) is 4.29. The number of para-hydroxylation sites is 1. The maximum atomic E-state index is 11.5. The number of benzene rings is 1. The van der Waals surface area contributed by atoms with Crippen LogP contribution in [0.4, 0.5) is 5.69 Å². The van der Waals surface area contributed by atoms with Gasteiger partial charge in [-0.05, 0) is 13.8 Å². The van der Waals surface area contributed by atoms with E-state index in [1.165, 1.54) is 6.07 Å². The number of nitro groups is 1. The Hall–Kier alpha value is -1.95. The highest BCUT2D eigenvalue weighted by Gasteiger charge is 2.22. The third kappa shape index (κ3) is 3.53. The van der Waals surface area contributed by atoms with Crippen LogP contribution in [0.2, 0.25) is 0 Å². The van der Waals surface area contributed by atoms with Crippen molar-refractivity contribution in [2.24, 2.45) is 5.73 Å². The van der Waals surface area contributed by atoms with Crippen molar-refractivity contribution in [1.29, 1.82) is 0 Å². The van der Waals surface area contributed by atoms with Crippen LogP contribution in [0.3, 0.4) is 0 Å². The molecule has 0 aromatic heterocycles. The van der Waals surface area contributed by atoms with E-state index in [4.69, 9.17) is 5.73 Å². The van der Waals surface area contributed by atoms with Crippen molar-refractivity contribution < 1.29 is 9.72 Å². The fourth-order valence-electron chi connectivity index (χ4n) is 1.24. The summed E-state index contributed by atoms with van der Waals surface area (Å²) >= 11 is 0. The molecular weight excluding hydrogens is 222 g/mol. The molecule has 0 atom stereocenters. The molecule has 0 bridgehead atoms. The largest absolute Gasteiger partial charge is 0.350 e. The minimum atomic E-state index is -0.996. The number of carbonyl (C=O) groups excluding carboxylic acids is 1. The van der Waals surface area contributed by atoms with Gasteiger partial charge in [0, 0.05) is 18.2 Å². The zero-order chi connectivity index (χ0) is 13.1. The van der Waals surface area contributed by atoms with Gasteiger partial charge in [0.25, 0.3) is 5.69 Å². The molecule has 0 aliphatic rings. The molecule has 0 heterocycles. The van der Waals surface area contributed by atoms with Crippen molar-refractivity contribution in [1.82, 2.24) is 5.32 Å². The van der Waals surface area contributed by atoms with Crippen LogP contribution in [-0.4, -0.2) is 16.4 Å². The fraction of sp³-hybridized carbons (Fsp3) is 0.364. The highest BCUT2D eigenvalue weighted by Crippen LogP contribution is 2.17. The van der Waals surface area contributed by atoms with Crippen molar-refractivity contribution >= 4 is 11.6 Å². The molecule has 1 amide bonds. The first-order valence-corrected chi connectivity index (χ1v) is 5.12. The predicted octanol–water partition coefficient (Wildman–Crippen LogP) is 0.948. The number of amides is 1. The van der Waals surface area contributed by atoms with Gasteiger partial charge in [-0.25, -0.2) is 0 Å². The number of nitrogens with two attached hydrogens (primary N) is 1. The van der Waals surface area contributed by atoms with Crippen molar-refractivity contribution in [3.05, 3.63) is 39.9 Å². The van der Waals surface area contributed by atoms with E-state index >= 15 is 0 Å². The summed E-state index contributed by atoms with van der Waals surface area (Å²) in [6.45, 7) is 3.24. The SMILES string of the molecule is CC(C)(N)C(=O)NCc1ccccc1[N+](=O)[O-]. The molecule has 0 aliphatic heterocycles. The first-order chi connectivity index (χ1) is 7.82. The van der Waals surface area contributed by atoms with E-state index in [0.29, 0.717) is 5.56 Å². The molecule has 6 heteroatoms. The second-order valence-electron chi connectivity index (χ2n) is 4.29. The van der Waals surface area contributed by atoms with Gasteiger partial charge in [-0.2, -0.15) is 0 Å². The zero-order valence-corrected chi connectivity index (χ0v) is 9.77. The lowest BCUT2D eigenvalue weighted by Gasteiger charge is -2.17. The Morgan fingerprint density at radius 2 is 2.06 bits per heavy atom. The maximum absolute atomic E-state index is 11.5. The average molecular weight is 237 g/mol. The summed E-state index contributed by atoms with van der Waals surface area (Å²) < 4.78 is 0. The van der Waals surface area contributed by atoms with E-state index in [9.17, 15) is 14.9 Å². The number of nitrogens with zero attached hydrogens (tertiary/aromatic N) is 1. The van der Waals surface area contributed by atoms with Gasteiger partial charge in [-0.1, -0.05) is 18.2 Å². The lowest BCUT2D eigenvalue weighted by atomic mass is 10.1. The Kier molecular flexibility index (Phi) is 3.80. The van der Waals surface area contributed by atoms with Crippen molar-refractivity contribution in [3.63, 3.8) is 0 Å². The highest BCUT2D eigenvalue weighted by molar-refractivity contribution is 5.85. The van der Waals surface area contributed by atoms with E-state index in [0.717, 1.165) is 0 Å². The average Bonchev–Trinajstić information content (AvgIpc) is 2.24. The number of rotatable bonds is 4. The molecule has 17 heavy (non-hydrogen) atoms. The van der Waals surface area contributed by atoms with Gasteiger partial charge in [0.1, 0.15) is 0 Å². The van der Waals surface area contributed by atoms with E-state index in [-0.39, 0.29) is 18.1 Å². The van der Waals surface area contributed by atoms with E-state index in [2.05, 4.69) is 5.32 Å². The van der Waals surface area contributed by atoms with E-state index < -0.39 is 10.5 Å². The van der Waals surface area contributed by atoms with Crippen LogP contribution in [0.1, 0.15) is 19.4 Å². The molecule has 0 spiro atoms. The highest BCUT2D eigenvalue weighted by atomic mass is 16.6. The Bertz CT molecular complexity index is 438. The first-order valence-electron chi connectivity index (χ1n) is 5.12. The number of hydrogen-bond acceptors (Lipinski definition) is 4. The Morgan fingerprint density at radius 3 is 2.59 bits per heavy atom. The quantitative estimate of drug-likeness (QED) is 0.601. The molecule has 0 radical (unpaired) electrons. The van der Waals surface area contributed by atoms with Crippen LogP contribution in [0.15, 0.2) is 24.3 Å². The smallest absolute Gasteiger partial charge is 0.274 e. The summed E-state index contributed by atoms with van der Waals surface area (Å²) in [6.07, 6.45) is 0. The van der Waals surface area contributed by atoms with Crippen LogP contribution in [0.5, 0.6) is 0 Å². The molecule has 1 rings (SSSR count). The number of hydrogen-bond donors (Lipinski definition) is 2. The molecule has 0 unspecified atom stereocenters. The summed E-state index contributed by atoms with van der Waals surface area (Å²) in [5.41, 5.74) is 5.04. The van der Waals surface area contributed by atoms with Gasteiger partial charge in [-0.15, -0.1) is 0 Å². The van der Waals surface area contributed by atoms with Crippen LogP contribution < -0.4 is 11.1 Å². The van der Waals surface area contributed by atoms with Gasteiger partial charge in [0.05, 0.1) is 10.5 Å². The van der Waals surface area contributed by atoms with Crippen molar-refractivity contribution in [2.45, 2.75) is 25.9 Å². The van der Waals surface area contributed by atoms with Crippen LogP contribution in [-0.2, 0) is 11.3 Å². The topological polar surface area (TPSA) is 98.3 Å². The normalized spacial score (nSPS) is 11.0. The standard InChI is InChI=1S/C11H15N3O3/c1-11(2,12)10(15)13-7-8-5-3-4-6-9(8)14(16)17/h3-6H,7,12H2,1-2H3,(H,13,15). The monoisotopic (exact) mass is 237 g/mol.